The molecule has 2 aromatic carbocycles. The molecule has 5 nitrogen and oxygen atoms in total. The van der Waals surface area contributed by atoms with E-state index in [1.54, 1.807) is 0 Å². The predicted octanol–water partition coefficient (Wildman–Crippen LogP) is 4.50. The van der Waals surface area contributed by atoms with Gasteiger partial charge in [0.05, 0.1) is 24.1 Å². The molecule has 0 aliphatic carbocycles. The molecule has 0 saturated carbocycles. The van der Waals surface area contributed by atoms with E-state index in [-0.39, 0.29) is 12.1 Å². The van der Waals surface area contributed by atoms with E-state index in [0.717, 1.165) is 50.4 Å². The maximum Gasteiger partial charge on any atom is 0.321 e. The minimum Gasteiger partial charge on any atom is -0.373 e. The molecule has 1 N–H and O–H groups in total. The zero-order chi connectivity index (χ0) is 19.2. The molecular formula is C23H29N3O2. The summed E-state index contributed by atoms with van der Waals surface area (Å²) in [6.45, 7) is 4.24. The number of para-hydroxylation sites is 2. The van der Waals surface area contributed by atoms with Crippen LogP contribution in [0.15, 0.2) is 54.6 Å². The van der Waals surface area contributed by atoms with Gasteiger partial charge in [0, 0.05) is 26.2 Å². The van der Waals surface area contributed by atoms with E-state index in [1.807, 2.05) is 41.3 Å². The first-order valence-electron chi connectivity index (χ1n) is 10.3. The normalized spacial score (nSPS) is 17.7. The first kappa shape index (κ1) is 18.8. The van der Waals surface area contributed by atoms with Gasteiger partial charge in [-0.3, -0.25) is 0 Å². The summed E-state index contributed by atoms with van der Waals surface area (Å²) in [5.41, 5.74) is 3.24. The van der Waals surface area contributed by atoms with E-state index in [2.05, 4.69) is 28.4 Å². The third kappa shape index (κ3) is 4.65. The van der Waals surface area contributed by atoms with Crippen LogP contribution in [0.1, 0.15) is 31.2 Å². The lowest BCUT2D eigenvalue weighted by Crippen LogP contribution is -2.43. The first-order valence-corrected chi connectivity index (χ1v) is 10.3. The van der Waals surface area contributed by atoms with E-state index < -0.39 is 0 Å². The molecule has 0 bridgehead atoms. The third-order valence-corrected chi connectivity index (χ3v) is 5.65. The van der Waals surface area contributed by atoms with Crippen LogP contribution in [0.2, 0.25) is 0 Å². The number of hydrogen-bond donors (Lipinski definition) is 1. The Kier molecular flexibility index (Phi) is 6.12. The Morgan fingerprint density at radius 2 is 1.61 bits per heavy atom. The largest absolute Gasteiger partial charge is 0.373 e. The second-order valence-corrected chi connectivity index (χ2v) is 7.62. The monoisotopic (exact) mass is 379 g/mol. The van der Waals surface area contributed by atoms with Gasteiger partial charge in [0.15, 0.2) is 0 Å². The number of nitrogens with zero attached hydrogens (tertiary/aromatic N) is 2. The molecule has 148 valence electrons. The maximum atomic E-state index is 12.8. The van der Waals surface area contributed by atoms with Crippen molar-refractivity contribution in [1.29, 1.82) is 0 Å². The Balaban J connectivity index is 1.28. The highest BCUT2D eigenvalue weighted by Gasteiger charge is 2.24. The van der Waals surface area contributed by atoms with E-state index >= 15 is 0 Å². The number of likely N-dealkylation sites (tertiary alicyclic amines) is 1. The van der Waals surface area contributed by atoms with Crippen molar-refractivity contribution in [3.05, 3.63) is 60.2 Å². The van der Waals surface area contributed by atoms with Crippen molar-refractivity contribution in [1.82, 2.24) is 4.90 Å². The van der Waals surface area contributed by atoms with Crippen LogP contribution in [0.4, 0.5) is 16.2 Å². The number of carbonyl (C=O) groups is 1. The highest BCUT2D eigenvalue weighted by molar-refractivity contribution is 5.93. The average molecular weight is 380 g/mol. The van der Waals surface area contributed by atoms with Crippen molar-refractivity contribution in [2.24, 2.45) is 0 Å². The number of piperidine rings is 1. The van der Waals surface area contributed by atoms with Gasteiger partial charge in [0.25, 0.3) is 0 Å². The van der Waals surface area contributed by atoms with Gasteiger partial charge in [0.2, 0.25) is 0 Å². The number of amides is 2. The molecule has 5 heteroatoms. The van der Waals surface area contributed by atoms with Crippen molar-refractivity contribution in [2.45, 2.75) is 38.4 Å². The summed E-state index contributed by atoms with van der Waals surface area (Å²) in [6.07, 6.45) is 4.43. The van der Waals surface area contributed by atoms with Gasteiger partial charge in [-0.25, -0.2) is 4.79 Å². The molecule has 2 aliphatic heterocycles. The molecule has 0 atom stereocenters. The zero-order valence-electron chi connectivity index (χ0n) is 16.3. The molecular weight excluding hydrogens is 350 g/mol. The number of nitrogens with one attached hydrogen (secondary N) is 1. The summed E-state index contributed by atoms with van der Waals surface area (Å²) >= 11 is 0. The first-order chi connectivity index (χ1) is 13.8. The molecule has 2 fully saturated rings. The van der Waals surface area contributed by atoms with Crippen LogP contribution in [-0.4, -0.2) is 43.2 Å². The summed E-state index contributed by atoms with van der Waals surface area (Å²) in [4.78, 5) is 17.0. The molecule has 0 aromatic heterocycles. The number of benzene rings is 2. The van der Waals surface area contributed by atoms with Gasteiger partial charge in [-0.1, -0.05) is 42.5 Å². The fraction of sp³-hybridized carbons (Fsp3) is 0.435. The summed E-state index contributed by atoms with van der Waals surface area (Å²) in [5, 5.41) is 3.13. The van der Waals surface area contributed by atoms with E-state index in [1.165, 1.54) is 18.4 Å². The smallest absolute Gasteiger partial charge is 0.321 e. The fourth-order valence-electron chi connectivity index (χ4n) is 4.02. The summed E-state index contributed by atoms with van der Waals surface area (Å²) in [5.74, 6) is 0. The quantitative estimate of drug-likeness (QED) is 0.832. The Labute approximate surface area is 167 Å². The molecule has 2 saturated heterocycles. The second-order valence-electron chi connectivity index (χ2n) is 7.62. The molecule has 2 aromatic rings. The van der Waals surface area contributed by atoms with Crippen molar-refractivity contribution in [3.63, 3.8) is 0 Å². The topological polar surface area (TPSA) is 44.8 Å². The second kappa shape index (κ2) is 9.11. The van der Waals surface area contributed by atoms with Crippen LogP contribution in [-0.2, 0) is 11.3 Å². The fourth-order valence-corrected chi connectivity index (χ4v) is 4.02. The number of hydrogen-bond acceptors (Lipinski definition) is 3. The number of carbonyl (C=O) groups excluding carboxylic acids is 1. The van der Waals surface area contributed by atoms with Crippen molar-refractivity contribution in [2.75, 3.05) is 36.4 Å². The van der Waals surface area contributed by atoms with Gasteiger partial charge >= 0.3 is 6.03 Å². The Bertz CT molecular complexity index is 766. The lowest BCUT2D eigenvalue weighted by Gasteiger charge is -2.32. The predicted molar refractivity (Wildman–Crippen MR) is 113 cm³/mol. The summed E-state index contributed by atoms with van der Waals surface area (Å²) in [7, 11) is 0. The van der Waals surface area contributed by atoms with Crippen molar-refractivity contribution in [3.8, 4) is 0 Å². The molecule has 4 rings (SSSR count). The van der Waals surface area contributed by atoms with Crippen molar-refractivity contribution < 1.29 is 9.53 Å². The molecule has 2 heterocycles. The Hall–Kier alpha value is -2.53. The van der Waals surface area contributed by atoms with Gasteiger partial charge < -0.3 is 19.9 Å². The Morgan fingerprint density at radius 3 is 2.36 bits per heavy atom. The number of urea groups is 1. The zero-order valence-corrected chi connectivity index (χ0v) is 16.3. The van der Waals surface area contributed by atoms with Gasteiger partial charge in [-0.2, -0.15) is 0 Å². The van der Waals surface area contributed by atoms with Crippen LogP contribution >= 0.6 is 0 Å². The minimum absolute atomic E-state index is 0.00634. The minimum atomic E-state index is -0.00634. The SMILES string of the molecule is O=C(Nc1ccccc1N1CCCC1)N1CCC(OCc2ccccc2)CC1. The van der Waals surface area contributed by atoms with E-state index in [0.29, 0.717) is 6.61 Å². The highest BCUT2D eigenvalue weighted by atomic mass is 16.5. The lowest BCUT2D eigenvalue weighted by molar-refractivity contribution is 0.00540. The van der Waals surface area contributed by atoms with Gasteiger partial charge in [0.1, 0.15) is 0 Å². The van der Waals surface area contributed by atoms with Crippen molar-refractivity contribution >= 4 is 17.4 Å². The average Bonchev–Trinajstić information content (AvgIpc) is 3.28. The Morgan fingerprint density at radius 1 is 0.929 bits per heavy atom. The highest BCUT2D eigenvalue weighted by Crippen LogP contribution is 2.29. The third-order valence-electron chi connectivity index (χ3n) is 5.65. The lowest BCUT2D eigenvalue weighted by atomic mass is 10.1. The van der Waals surface area contributed by atoms with E-state index in [9.17, 15) is 4.79 Å². The number of rotatable bonds is 5. The van der Waals surface area contributed by atoms with Gasteiger partial charge in [-0.05, 0) is 43.4 Å². The molecule has 28 heavy (non-hydrogen) atoms. The van der Waals surface area contributed by atoms with Crippen LogP contribution < -0.4 is 10.2 Å². The summed E-state index contributed by atoms with van der Waals surface area (Å²) in [6, 6.07) is 18.4. The molecule has 0 spiro atoms. The van der Waals surface area contributed by atoms with Gasteiger partial charge in [-0.15, -0.1) is 0 Å². The van der Waals surface area contributed by atoms with Crippen LogP contribution in [0.25, 0.3) is 0 Å². The molecule has 2 aliphatic rings. The molecule has 0 radical (unpaired) electrons. The summed E-state index contributed by atoms with van der Waals surface area (Å²) < 4.78 is 6.04. The van der Waals surface area contributed by atoms with Crippen LogP contribution in [0.3, 0.4) is 0 Å². The van der Waals surface area contributed by atoms with E-state index in [4.69, 9.17) is 4.74 Å². The van der Waals surface area contributed by atoms with Crippen LogP contribution in [0.5, 0.6) is 0 Å². The van der Waals surface area contributed by atoms with Crippen LogP contribution in [0, 0.1) is 0 Å². The maximum absolute atomic E-state index is 12.8. The number of ether oxygens (including phenoxy) is 1. The number of anilines is 2. The standard InChI is InChI=1S/C23H29N3O2/c27-23(24-21-10-4-5-11-22(21)25-14-6-7-15-25)26-16-12-20(13-17-26)28-18-19-8-2-1-3-9-19/h1-5,8-11,20H,6-7,12-18H2,(H,24,27). The molecule has 2 amide bonds. The molecule has 0 unspecified atom stereocenters.